The van der Waals surface area contributed by atoms with Crippen molar-refractivity contribution in [1.82, 2.24) is 15.6 Å². The summed E-state index contributed by atoms with van der Waals surface area (Å²) < 4.78 is 1.06. The molecule has 1 atom stereocenters. The fourth-order valence-corrected chi connectivity index (χ4v) is 3.94. The fourth-order valence-electron chi connectivity index (χ4n) is 2.14. The van der Waals surface area contributed by atoms with Crippen LogP contribution in [0.1, 0.15) is 48.3 Å². The van der Waals surface area contributed by atoms with Gasteiger partial charge in [0.2, 0.25) is 5.91 Å². The predicted octanol–water partition coefficient (Wildman–Crippen LogP) is 3.78. The van der Waals surface area contributed by atoms with Crippen LogP contribution in [0.2, 0.25) is 0 Å². The Labute approximate surface area is 163 Å². The first-order valence-corrected chi connectivity index (χ1v) is 10.6. The van der Waals surface area contributed by atoms with E-state index in [4.69, 9.17) is 0 Å². The van der Waals surface area contributed by atoms with E-state index in [1.54, 1.807) is 23.1 Å². The summed E-state index contributed by atoms with van der Waals surface area (Å²) in [7, 11) is 0. The second-order valence-corrected chi connectivity index (χ2v) is 8.20. The van der Waals surface area contributed by atoms with Gasteiger partial charge < -0.3 is 10.6 Å². The number of aryl methyl sites for hydroxylation is 1. The van der Waals surface area contributed by atoms with Gasteiger partial charge in [0, 0.05) is 41.4 Å². The summed E-state index contributed by atoms with van der Waals surface area (Å²) >= 11 is 3.34. The molecule has 140 valence electrons. The molecule has 0 bridgehead atoms. The molecule has 26 heavy (non-hydrogen) atoms. The van der Waals surface area contributed by atoms with Crippen LogP contribution in [-0.2, 0) is 10.5 Å². The number of aromatic nitrogens is 1. The van der Waals surface area contributed by atoms with Crippen molar-refractivity contribution in [2.75, 3.05) is 6.54 Å². The Balaban J connectivity index is 1.74. The number of benzene rings is 1. The van der Waals surface area contributed by atoms with Gasteiger partial charge in [0.05, 0.1) is 0 Å². The zero-order valence-electron chi connectivity index (χ0n) is 15.4. The lowest BCUT2D eigenvalue weighted by Gasteiger charge is -2.11. The van der Waals surface area contributed by atoms with Crippen LogP contribution >= 0.6 is 23.1 Å². The SMILES string of the molecule is CCC(C)NC(=O)CCNC(=O)c1ccc(CSc2nc(C)cs2)cc1. The summed E-state index contributed by atoms with van der Waals surface area (Å²) in [6, 6.07) is 7.71. The maximum absolute atomic E-state index is 12.1. The van der Waals surface area contributed by atoms with Crippen molar-refractivity contribution in [2.24, 2.45) is 0 Å². The van der Waals surface area contributed by atoms with Crippen molar-refractivity contribution in [3.63, 3.8) is 0 Å². The van der Waals surface area contributed by atoms with Crippen LogP contribution < -0.4 is 10.6 Å². The normalized spacial score (nSPS) is 11.8. The number of rotatable bonds is 9. The fraction of sp³-hybridized carbons (Fsp3) is 0.421. The average molecular weight is 392 g/mol. The third-order valence-corrected chi connectivity index (χ3v) is 6.04. The Hall–Kier alpha value is -1.86. The molecule has 2 rings (SSSR count). The highest BCUT2D eigenvalue weighted by molar-refractivity contribution is 8.00. The first kappa shape index (κ1) is 20.5. The van der Waals surface area contributed by atoms with E-state index in [1.807, 2.05) is 50.4 Å². The standard InChI is InChI=1S/C19H25N3O2S2/c1-4-13(2)21-17(23)9-10-20-18(24)16-7-5-15(6-8-16)12-26-19-22-14(3)11-25-19/h5-8,11,13H,4,9-10,12H2,1-3H3,(H,20,24)(H,21,23). The lowest BCUT2D eigenvalue weighted by molar-refractivity contribution is -0.121. The summed E-state index contributed by atoms with van der Waals surface area (Å²) in [4.78, 5) is 28.3. The van der Waals surface area contributed by atoms with Crippen LogP contribution in [0.4, 0.5) is 0 Å². The number of nitrogens with one attached hydrogen (secondary N) is 2. The largest absolute Gasteiger partial charge is 0.354 e. The second-order valence-electron chi connectivity index (χ2n) is 6.12. The van der Waals surface area contributed by atoms with Gasteiger partial charge in [0.25, 0.3) is 5.91 Å². The van der Waals surface area contributed by atoms with E-state index in [0.717, 1.165) is 27.8 Å². The molecule has 1 unspecified atom stereocenters. The predicted molar refractivity (Wildman–Crippen MR) is 108 cm³/mol. The minimum absolute atomic E-state index is 0.0376. The molecule has 0 radical (unpaired) electrons. The van der Waals surface area contributed by atoms with E-state index < -0.39 is 0 Å². The molecule has 0 saturated carbocycles. The first-order chi connectivity index (χ1) is 12.5. The van der Waals surface area contributed by atoms with Gasteiger partial charge in [-0.15, -0.1) is 11.3 Å². The molecule has 5 nitrogen and oxygen atoms in total. The molecule has 0 aliphatic heterocycles. The molecular formula is C19H25N3O2S2. The van der Waals surface area contributed by atoms with Crippen molar-refractivity contribution in [1.29, 1.82) is 0 Å². The highest BCUT2D eigenvalue weighted by Crippen LogP contribution is 2.26. The van der Waals surface area contributed by atoms with Crippen molar-refractivity contribution in [3.05, 3.63) is 46.5 Å². The van der Waals surface area contributed by atoms with Crippen LogP contribution in [0.25, 0.3) is 0 Å². The van der Waals surface area contributed by atoms with E-state index in [1.165, 1.54) is 0 Å². The third-order valence-electron chi connectivity index (χ3n) is 3.83. The second kappa shape index (κ2) is 10.3. The molecule has 2 aromatic rings. The number of nitrogens with zero attached hydrogens (tertiary/aromatic N) is 1. The van der Waals surface area contributed by atoms with E-state index in [9.17, 15) is 9.59 Å². The molecule has 7 heteroatoms. The highest BCUT2D eigenvalue weighted by Gasteiger charge is 2.08. The summed E-state index contributed by atoms with van der Waals surface area (Å²) in [5, 5.41) is 7.71. The minimum Gasteiger partial charge on any atom is -0.354 e. The number of amides is 2. The highest BCUT2D eigenvalue weighted by atomic mass is 32.2. The Morgan fingerprint density at radius 3 is 2.62 bits per heavy atom. The molecule has 1 aromatic carbocycles. The maximum atomic E-state index is 12.1. The first-order valence-electron chi connectivity index (χ1n) is 8.69. The quantitative estimate of drug-likeness (QED) is 0.638. The van der Waals surface area contributed by atoms with E-state index >= 15 is 0 Å². The Morgan fingerprint density at radius 2 is 2.00 bits per heavy atom. The molecule has 1 heterocycles. The van der Waals surface area contributed by atoms with E-state index in [2.05, 4.69) is 15.6 Å². The molecule has 0 saturated heterocycles. The van der Waals surface area contributed by atoms with Crippen molar-refractivity contribution < 1.29 is 9.59 Å². The van der Waals surface area contributed by atoms with E-state index in [0.29, 0.717) is 12.1 Å². The summed E-state index contributed by atoms with van der Waals surface area (Å²) in [6.45, 7) is 6.31. The van der Waals surface area contributed by atoms with Gasteiger partial charge in [-0.1, -0.05) is 30.8 Å². The van der Waals surface area contributed by atoms with Crippen LogP contribution in [0, 0.1) is 6.92 Å². The lowest BCUT2D eigenvalue weighted by Crippen LogP contribution is -2.35. The lowest BCUT2D eigenvalue weighted by atomic mass is 10.1. The van der Waals surface area contributed by atoms with Crippen molar-refractivity contribution >= 4 is 34.9 Å². The number of hydrogen-bond donors (Lipinski definition) is 2. The molecule has 1 aromatic heterocycles. The summed E-state index contributed by atoms with van der Waals surface area (Å²) in [5.41, 5.74) is 2.79. The molecule has 2 amide bonds. The summed E-state index contributed by atoms with van der Waals surface area (Å²) in [6.07, 6.45) is 1.18. The number of hydrogen-bond acceptors (Lipinski definition) is 5. The van der Waals surface area contributed by atoms with E-state index in [-0.39, 0.29) is 24.3 Å². The maximum Gasteiger partial charge on any atom is 0.251 e. The van der Waals surface area contributed by atoms with Crippen LogP contribution in [0.3, 0.4) is 0 Å². The topological polar surface area (TPSA) is 71.1 Å². The number of carbonyl (C=O) groups is 2. The minimum atomic E-state index is -0.156. The Morgan fingerprint density at radius 1 is 1.27 bits per heavy atom. The number of thioether (sulfide) groups is 1. The van der Waals surface area contributed by atoms with Crippen molar-refractivity contribution in [2.45, 2.75) is 49.7 Å². The van der Waals surface area contributed by atoms with Gasteiger partial charge >= 0.3 is 0 Å². The van der Waals surface area contributed by atoms with Crippen LogP contribution in [-0.4, -0.2) is 29.4 Å². The molecule has 2 N–H and O–H groups in total. The van der Waals surface area contributed by atoms with Crippen LogP contribution in [0.5, 0.6) is 0 Å². The van der Waals surface area contributed by atoms with Crippen molar-refractivity contribution in [3.8, 4) is 0 Å². The van der Waals surface area contributed by atoms with Gasteiger partial charge in [-0.25, -0.2) is 4.98 Å². The molecule has 0 spiro atoms. The Kier molecular flexibility index (Phi) is 8.12. The van der Waals surface area contributed by atoms with Gasteiger partial charge in [-0.05, 0) is 38.0 Å². The van der Waals surface area contributed by atoms with Gasteiger partial charge in [0.1, 0.15) is 4.34 Å². The zero-order valence-corrected chi connectivity index (χ0v) is 17.0. The van der Waals surface area contributed by atoms with Gasteiger partial charge in [-0.2, -0.15) is 0 Å². The zero-order chi connectivity index (χ0) is 18.9. The smallest absolute Gasteiger partial charge is 0.251 e. The summed E-state index contributed by atoms with van der Waals surface area (Å²) in [5.74, 6) is 0.630. The third kappa shape index (κ3) is 6.80. The average Bonchev–Trinajstić information content (AvgIpc) is 3.05. The molecular weight excluding hydrogens is 366 g/mol. The van der Waals surface area contributed by atoms with Gasteiger partial charge in [0.15, 0.2) is 0 Å². The monoisotopic (exact) mass is 391 g/mol. The van der Waals surface area contributed by atoms with Crippen LogP contribution in [0.15, 0.2) is 34.0 Å². The van der Waals surface area contributed by atoms with Gasteiger partial charge in [-0.3, -0.25) is 9.59 Å². The number of thiazole rings is 1. The number of carbonyl (C=O) groups excluding carboxylic acids is 2. The molecule has 0 fully saturated rings. The Bertz CT molecular complexity index is 729. The molecule has 0 aliphatic carbocycles. The molecule has 0 aliphatic rings.